The van der Waals surface area contributed by atoms with E-state index in [0.29, 0.717) is 11.1 Å². The summed E-state index contributed by atoms with van der Waals surface area (Å²) in [5.74, 6) is -1.35. The maximum atomic E-state index is 11.9. The summed E-state index contributed by atoms with van der Waals surface area (Å²) in [6.45, 7) is 0.101. The molecular formula is C11H7NO4. The van der Waals surface area contributed by atoms with Gasteiger partial charge in [-0.2, -0.15) is 0 Å². The molecule has 5 nitrogen and oxygen atoms in total. The third-order valence-corrected chi connectivity index (χ3v) is 2.79. The number of hydrogen-bond acceptors (Lipinski definition) is 4. The van der Waals surface area contributed by atoms with Crippen LogP contribution in [0, 0.1) is 0 Å². The van der Waals surface area contributed by atoms with Crippen LogP contribution in [0.2, 0.25) is 0 Å². The first kappa shape index (κ1) is 9.08. The lowest BCUT2D eigenvalue weighted by atomic mass is 10.1. The van der Waals surface area contributed by atoms with E-state index >= 15 is 0 Å². The topological polar surface area (TPSA) is 63.7 Å². The number of hydrogen-bond donors (Lipinski definition) is 0. The summed E-state index contributed by atoms with van der Waals surface area (Å²) in [5, 5.41) is 0. The van der Waals surface area contributed by atoms with Crippen molar-refractivity contribution in [3.63, 3.8) is 0 Å². The van der Waals surface area contributed by atoms with Gasteiger partial charge >= 0.3 is 5.97 Å². The van der Waals surface area contributed by atoms with Crippen molar-refractivity contribution >= 4 is 17.8 Å². The Morgan fingerprint density at radius 2 is 1.62 bits per heavy atom. The molecule has 2 aliphatic heterocycles. The second kappa shape index (κ2) is 2.91. The number of benzene rings is 1. The van der Waals surface area contributed by atoms with Crippen molar-refractivity contribution in [2.45, 2.75) is 6.04 Å². The summed E-state index contributed by atoms with van der Waals surface area (Å²) in [6, 6.07) is 5.80. The zero-order valence-corrected chi connectivity index (χ0v) is 8.17. The molecule has 1 aromatic carbocycles. The summed E-state index contributed by atoms with van der Waals surface area (Å²) in [5.41, 5.74) is 0.708. The zero-order chi connectivity index (χ0) is 11.3. The molecule has 2 aliphatic rings. The van der Waals surface area contributed by atoms with Crippen LogP contribution in [0.3, 0.4) is 0 Å². The second-order valence-corrected chi connectivity index (χ2v) is 3.67. The third kappa shape index (κ3) is 0.970. The molecule has 0 saturated carbocycles. The monoisotopic (exact) mass is 217 g/mol. The highest BCUT2D eigenvalue weighted by molar-refractivity contribution is 6.22. The van der Waals surface area contributed by atoms with Gasteiger partial charge in [-0.1, -0.05) is 12.1 Å². The lowest BCUT2D eigenvalue weighted by Gasteiger charge is -2.30. The van der Waals surface area contributed by atoms with Crippen molar-refractivity contribution in [1.29, 1.82) is 0 Å². The molecule has 1 fully saturated rings. The van der Waals surface area contributed by atoms with E-state index in [0.717, 1.165) is 4.90 Å². The molecule has 1 saturated heterocycles. The molecule has 0 spiro atoms. The Morgan fingerprint density at radius 3 is 2.00 bits per heavy atom. The Morgan fingerprint density at radius 1 is 1.06 bits per heavy atom. The van der Waals surface area contributed by atoms with E-state index in [2.05, 4.69) is 4.74 Å². The van der Waals surface area contributed by atoms with Gasteiger partial charge in [0.05, 0.1) is 11.1 Å². The van der Waals surface area contributed by atoms with Gasteiger partial charge < -0.3 is 4.74 Å². The molecule has 0 bridgehead atoms. The first-order valence-corrected chi connectivity index (χ1v) is 4.83. The minimum absolute atomic E-state index is 0.101. The van der Waals surface area contributed by atoms with Crippen molar-refractivity contribution < 1.29 is 19.1 Å². The Balaban J connectivity index is 2.04. The fraction of sp³-hybridized carbons (Fsp3) is 0.182. The minimum atomic E-state index is -0.743. The molecular weight excluding hydrogens is 210 g/mol. The van der Waals surface area contributed by atoms with E-state index in [-0.39, 0.29) is 6.61 Å². The van der Waals surface area contributed by atoms with Crippen LogP contribution in [0.5, 0.6) is 0 Å². The third-order valence-electron chi connectivity index (χ3n) is 2.79. The number of ether oxygens (including phenoxy) is 1. The van der Waals surface area contributed by atoms with E-state index in [1.807, 2.05) is 0 Å². The highest BCUT2D eigenvalue weighted by atomic mass is 16.6. The summed E-state index contributed by atoms with van der Waals surface area (Å²) in [4.78, 5) is 35.8. The van der Waals surface area contributed by atoms with E-state index in [1.165, 1.54) is 0 Å². The summed E-state index contributed by atoms with van der Waals surface area (Å²) >= 11 is 0. The summed E-state index contributed by atoms with van der Waals surface area (Å²) < 4.78 is 4.57. The lowest BCUT2D eigenvalue weighted by molar-refractivity contribution is -0.167. The fourth-order valence-electron chi connectivity index (χ4n) is 1.90. The molecule has 0 N–H and O–H groups in total. The van der Waals surface area contributed by atoms with Gasteiger partial charge in [-0.25, -0.2) is 4.79 Å². The number of carbonyl (C=O) groups excluding carboxylic acids is 3. The van der Waals surface area contributed by atoms with Crippen LogP contribution < -0.4 is 0 Å². The molecule has 2 amide bonds. The van der Waals surface area contributed by atoms with Gasteiger partial charge in [0.25, 0.3) is 11.8 Å². The average molecular weight is 217 g/mol. The number of cyclic esters (lactones) is 1. The maximum absolute atomic E-state index is 11.9. The largest absolute Gasteiger partial charge is 0.461 e. The molecule has 5 heteroatoms. The van der Waals surface area contributed by atoms with Gasteiger partial charge in [-0.3, -0.25) is 14.5 Å². The van der Waals surface area contributed by atoms with Crippen LogP contribution >= 0.6 is 0 Å². The smallest absolute Gasteiger partial charge is 0.333 e. The van der Waals surface area contributed by atoms with Gasteiger partial charge in [0.15, 0.2) is 6.04 Å². The van der Waals surface area contributed by atoms with Crippen LogP contribution in [0.15, 0.2) is 24.3 Å². The van der Waals surface area contributed by atoms with Crippen LogP contribution in [0.25, 0.3) is 0 Å². The van der Waals surface area contributed by atoms with Crippen molar-refractivity contribution in [2.75, 3.05) is 6.61 Å². The maximum Gasteiger partial charge on any atom is 0.333 e. The SMILES string of the molecule is O=C1OC[C@@H]1N1C(=O)c2ccccc2C1=O. The zero-order valence-electron chi connectivity index (χ0n) is 8.17. The Bertz CT molecular complexity index is 487. The number of esters is 1. The summed E-state index contributed by atoms with van der Waals surface area (Å²) in [6.07, 6.45) is 0. The van der Waals surface area contributed by atoms with Crippen LogP contribution in [-0.4, -0.2) is 35.3 Å². The first-order chi connectivity index (χ1) is 7.70. The molecule has 1 atom stereocenters. The fourth-order valence-corrected chi connectivity index (χ4v) is 1.90. The number of amides is 2. The van der Waals surface area contributed by atoms with Crippen molar-refractivity contribution in [3.05, 3.63) is 35.4 Å². The van der Waals surface area contributed by atoms with E-state index in [4.69, 9.17) is 0 Å². The summed E-state index contributed by atoms with van der Waals surface area (Å²) in [7, 11) is 0. The van der Waals surface area contributed by atoms with Gasteiger partial charge in [0.1, 0.15) is 6.61 Å². The molecule has 0 aromatic heterocycles. The number of fused-ring (bicyclic) bond motifs is 1. The van der Waals surface area contributed by atoms with Gasteiger partial charge in [-0.15, -0.1) is 0 Å². The number of nitrogens with zero attached hydrogens (tertiary/aromatic N) is 1. The van der Waals surface area contributed by atoms with Crippen molar-refractivity contribution in [1.82, 2.24) is 4.90 Å². The van der Waals surface area contributed by atoms with Crippen LogP contribution in [0.1, 0.15) is 20.7 Å². The number of imide groups is 1. The Kier molecular flexibility index (Phi) is 1.65. The normalized spacial score (nSPS) is 22.9. The van der Waals surface area contributed by atoms with E-state index in [9.17, 15) is 14.4 Å². The van der Waals surface area contributed by atoms with Crippen molar-refractivity contribution in [3.8, 4) is 0 Å². The molecule has 0 radical (unpaired) electrons. The molecule has 0 unspecified atom stereocenters. The predicted molar refractivity (Wildman–Crippen MR) is 51.7 cm³/mol. The van der Waals surface area contributed by atoms with Gasteiger partial charge in [0.2, 0.25) is 0 Å². The highest BCUT2D eigenvalue weighted by Crippen LogP contribution is 2.27. The first-order valence-electron chi connectivity index (χ1n) is 4.83. The molecule has 16 heavy (non-hydrogen) atoms. The molecule has 1 aromatic rings. The molecule has 3 rings (SSSR count). The average Bonchev–Trinajstić information content (AvgIpc) is 2.54. The Hall–Kier alpha value is -2.17. The highest BCUT2D eigenvalue weighted by Gasteiger charge is 2.47. The molecule has 2 heterocycles. The van der Waals surface area contributed by atoms with Crippen LogP contribution in [-0.2, 0) is 9.53 Å². The second-order valence-electron chi connectivity index (χ2n) is 3.67. The number of carbonyl (C=O) groups is 3. The lowest BCUT2D eigenvalue weighted by Crippen LogP contribution is -2.55. The Labute approximate surface area is 90.6 Å². The van der Waals surface area contributed by atoms with Crippen LogP contribution in [0.4, 0.5) is 0 Å². The standard InChI is InChI=1S/C11H7NO4/c13-9-6-3-1-2-4-7(6)10(14)12(9)8-5-16-11(8)15/h1-4,8H,5H2/t8-/m0/s1. The van der Waals surface area contributed by atoms with Gasteiger partial charge in [-0.05, 0) is 12.1 Å². The predicted octanol–water partition coefficient (Wildman–Crippen LogP) is 0.208. The van der Waals surface area contributed by atoms with E-state index < -0.39 is 23.8 Å². The van der Waals surface area contributed by atoms with Gasteiger partial charge in [0, 0.05) is 0 Å². The molecule has 0 aliphatic carbocycles. The quantitative estimate of drug-likeness (QED) is 0.498. The molecule has 80 valence electrons. The number of rotatable bonds is 1. The minimum Gasteiger partial charge on any atom is -0.461 e. The van der Waals surface area contributed by atoms with E-state index in [1.54, 1.807) is 24.3 Å². The van der Waals surface area contributed by atoms with Crippen molar-refractivity contribution in [2.24, 2.45) is 0 Å².